The van der Waals surface area contributed by atoms with Crippen molar-refractivity contribution in [1.82, 2.24) is 0 Å². The van der Waals surface area contributed by atoms with E-state index >= 15 is 0 Å². The molecule has 0 aliphatic heterocycles. The molecular weight excluding hydrogens is 401 g/mol. The Morgan fingerprint density at radius 1 is 1.14 bits per heavy atom. The minimum atomic E-state index is -0.358. The Balaban J connectivity index is 2.38. The van der Waals surface area contributed by atoms with Gasteiger partial charge in [0.2, 0.25) is 0 Å². The Morgan fingerprint density at radius 2 is 1.86 bits per heavy atom. The van der Waals surface area contributed by atoms with Crippen LogP contribution in [0.4, 0.5) is 4.39 Å². The minimum absolute atomic E-state index is 0.195. The van der Waals surface area contributed by atoms with Gasteiger partial charge in [0.05, 0.1) is 4.47 Å². The molecule has 0 aliphatic carbocycles. The Kier molecular flexibility index (Phi) is 5.79. The summed E-state index contributed by atoms with van der Waals surface area (Å²) in [6.07, 6.45) is 0.391. The zero-order valence-electron chi connectivity index (χ0n) is 11.5. The van der Waals surface area contributed by atoms with Crippen molar-refractivity contribution < 1.29 is 9.13 Å². The highest BCUT2D eigenvalue weighted by Crippen LogP contribution is 2.34. The van der Waals surface area contributed by atoms with Crippen molar-refractivity contribution in [1.29, 1.82) is 0 Å². The van der Waals surface area contributed by atoms with Crippen LogP contribution in [0.3, 0.4) is 0 Å². The van der Waals surface area contributed by atoms with E-state index in [-0.39, 0.29) is 18.0 Å². The fourth-order valence-corrected chi connectivity index (χ4v) is 2.86. The van der Waals surface area contributed by atoms with Crippen molar-refractivity contribution in [3.8, 4) is 5.75 Å². The van der Waals surface area contributed by atoms with Crippen LogP contribution in [-0.2, 0) is 0 Å². The van der Waals surface area contributed by atoms with Crippen LogP contribution in [0.1, 0.15) is 25.0 Å². The van der Waals surface area contributed by atoms with Crippen molar-refractivity contribution in [3.63, 3.8) is 0 Å². The Hall–Kier alpha value is -0.910. The third kappa shape index (κ3) is 4.05. The van der Waals surface area contributed by atoms with Gasteiger partial charge in [-0.1, -0.05) is 41.1 Å². The van der Waals surface area contributed by atoms with Crippen molar-refractivity contribution in [2.45, 2.75) is 25.5 Å². The maximum Gasteiger partial charge on any atom is 0.140 e. The van der Waals surface area contributed by atoms with Gasteiger partial charge in [0.15, 0.2) is 0 Å². The summed E-state index contributed by atoms with van der Waals surface area (Å²) in [7, 11) is 0. The molecule has 112 valence electrons. The molecule has 0 heterocycles. The zero-order valence-corrected chi connectivity index (χ0v) is 14.7. The average Bonchev–Trinajstić information content (AvgIpc) is 2.48. The number of nitrogens with two attached hydrogens (primary N) is 1. The van der Waals surface area contributed by atoms with Crippen molar-refractivity contribution in [3.05, 3.63) is 62.8 Å². The molecule has 0 radical (unpaired) electrons. The maximum absolute atomic E-state index is 13.4. The van der Waals surface area contributed by atoms with Gasteiger partial charge in [0.1, 0.15) is 17.7 Å². The first-order valence-electron chi connectivity index (χ1n) is 6.64. The van der Waals surface area contributed by atoms with E-state index in [0.29, 0.717) is 10.2 Å². The highest BCUT2D eigenvalue weighted by atomic mass is 79.9. The summed E-state index contributed by atoms with van der Waals surface area (Å²) < 4.78 is 21.0. The van der Waals surface area contributed by atoms with Crippen LogP contribution in [0.2, 0.25) is 0 Å². The largest absolute Gasteiger partial charge is 0.483 e. The number of hydrogen-bond acceptors (Lipinski definition) is 2. The van der Waals surface area contributed by atoms with Crippen molar-refractivity contribution in [2.75, 3.05) is 0 Å². The van der Waals surface area contributed by atoms with Crippen molar-refractivity contribution >= 4 is 31.9 Å². The quantitative estimate of drug-likeness (QED) is 0.726. The fourth-order valence-electron chi connectivity index (χ4n) is 2.01. The second-order valence-corrected chi connectivity index (χ2v) is 6.42. The summed E-state index contributed by atoms with van der Waals surface area (Å²) >= 11 is 6.90. The predicted octanol–water partition coefficient (Wildman–Crippen LogP) is 5.21. The van der Waals surface area contributed by atoms with E-state index in [9.17, 15) is 4.39 Å². The molecule has 2 aromatic carbocycles. The molecule has 2 rings (SSSR count). The SMILES string of the molecule is CCC(N)C(Oc1cc(F)ccc1Br)c1ccccc1Br. The van der Waals surface area contributed by atoms with Gasteiger partial charge in [-0.05, 0) is 40.5 Å². The van der Waals surface area contributed by atoms with Crippen LogP contribution in [0.15, 0.2) is 51.4 Å². The van der Waals surface area contributed by atoms with Gasteiger partial charge in [-0.25, -0.2) is 4.39 Å². The molecule has 2 nitrogen and oxygen atoms in total. The van der Waals surface area contributed by atoms with E-state index in [1.165, 1.54) is 12.1 Å². The van der Waals surface area contributed by atoms with Gasteiger partial charge in [-0.3, -0.25) is 0 Å². The third-order valence-corrected chi connectivity index (χ3v) is 4.60. The number of hydrogen-bond donors (Lipinski definition) is 1. The fraction of sp³-hybridized carbons (Fsp3) is 0.250. The first-order chi connectivity index (χ1) is 10.0. The molecule has 0 saturated carbocycles. The number of halogens is 3. The topological polar surface area (TPSA) is 35.2 Å². The highest BCUT2D eigenvalue weighted by molar-refractivity contribution is 9.10. The average molecular weight is 417 g/mol. The molecule has 0 fully saturated rings. The molecule has 0 spiro atoms. The molecule has 2 aromatic rings. The predicted molar refractivity (Wildman–Crippen MR) is 89.9 cm³/mol. The number of rotatable bonds is 5. The van der Waals surface area contributed by atoms with Gasteiger partial charge in [0, 0.05) is 22.1 Å². The van der Waals surface area contributed by atoms with Gasteiger partial charge in [0.25, 0.3) is 0 Å². The summed E-state index contributed by atoms with van der Waals surface area (Å²) in [5.74, 6) is 0.101. The van der Waals surface area contributed by atoms with E-state index in [0.717, 1.165) is 16.5 Å². The Bertz CT molecular complexity index is 621. The normalized spacial score (nSPS) is 13.8. The second-order valence-electron chi connectivity index (χ2n) is 4.71. The lowest BCUT2D eigenvalue weighted by Crippen LogP contribution is -2.31. The van der Waals surface area contributed by atoms with Gasteiger partial charge in [-0.15, -0.1) is 0 Å². The summed E-state index contributed by atoms with van der Waals surface area (Å²) in [5, 5.41) is 0. The van der Waals surface area contributed by atoms with E-state index in [4.69, 9.17) is 10.5 Å². The maximum atomic E-state index is 13.4. The minimum Gasteiger partial charge on any atom is -0.483 e. The lowest BCUT2D eigenvalue weighted by atomic mass is 10.0. The molecule has 0 saturated heterocycles. The second kappa shape index (κ2) is 7.38. The van der Waals surface area contributed by atoms with Crippen LogP contribution in [-0.4, -0.2) is 6.04 Å². The Morgan fingerprint density at radius 3 is 2.52 bits per heavy atom. The molecule has 2 unspecified atom stereocenters. The van der Waals surface area contributed by atoms with E-state index in [1.54, 1.807) is 6.07 Å². The lowest BCUT2D eigenvalue weighted by Gasteiger charge is -2.26. The molecule has 21 heavy (non-hydrogen) atoms. The molecule has 0 aliphatic rings. The molecule has 0 aromatic heterocycles. The molecule has 0 amide bonds. The van der Waals surface area contributed by atoms with Crippen LogP contribution in [0.25, 0.3) is 0 Å². The van der Waals surface area contributed by atoms with E-state index in [1.807, 2.05) is 31.2 Å². The number of benzene rings is 2. The van der Waals surface area contributed by atoms with Gasteiger partial charge >= 0.3 is 0 Å². The third-order valence-electron chi connectivity index (χ3n) is 3.22. The van der Waals surface area contributed by atoms with Gasteiger partial charge < -0.3 is 10.5 Å². The first-order valence-corrected chi connectivity index (χ1v) is 8.23. The van der Waals surface area contributed by atoms with Crippen LogP contribution in [0, 0.1) is 5.82 Å². The monoisotopic (exact) mass is 415 g/mol. The Labute approximate surface area is 140 Å². The summed E-state index contributed by atoms with van der Waals surface area (Å²) in [4.78, 5) is 0. The molecule has 2 N–H and O–H groups in total. The molecule has 0 bridgehead atoms. The highest BCUT2D eigenvalue weighted by Gasteiger charge is 2.23. The van der Waals surface area contributed by atoms with E-state index in [2.05, 4.69) is 31.9 Å². The van der Waals surface area contributed by atoms with Gasteiger partial charge in [-0.2, -0.15) is 0 Å². The molecule has 5 heteroatoms. The van der Waals surface area contributed by atoms with E-state index < -0.39 is 0 Å². The summed E-state index contributed by atoms with van der Waals surface area (Å²) in [5.41, 5.74) is 7.15. The standard InChI is InChI=1S/C16H16Br2FNO/c1-2-14(20)16(11-5-3-4-6-12(11)17)21-15-9-10(19)7-8-13(15)18/h3-9,14,16H,2,20H2,1H3. The smallest absolute Gasteiger partial charge is 0.140 e. The van der Waals surface area contributed by atoms with Crippen molar-refractivity contribution in [2.24, 2.45) is 5.73 Å². The molecular formula is C16H16Br2FNO. The summed E-state index contributed by atoms with van der Waals surface area (Å²) in [6.45, 7) is 2.00. The first kappa shape index (κ1) is 16.5. The molecule has 2 atom stereocenters. The number of ether oxygens (including phenoxy) is 1. The lowest BCUT2D eigenvalue weighted by molar-refractivity contribution is 0.168. The zero-order chi connectivity index (χ0) is 15.4. The summed E-state index contributed by atoms with van der Waals surface area (Å²) in [6, 6.07) is 11.9. The van der Waals surface area contributed by atoms with Crippen LogP contribution in [0.5, 0.6) is 5.75 Å². The van der Waals surface area contributed by atoms with Crippen LogP contribution >= 0.6 is 31.9 Å². The van der Waals surface area contributed by atoms with Crippen LogP contribution < -0.4 is 10.5 Å².